The van der Waals surface area contributed by atoms with Gasteiger partial charge in [0.05, 0.1) is 6.04 Å². The van der Waals surface area contributed by atoms with Crippen LogP contribution < -0.4 is 11.1 Å². The van der Waals surface area contributed by atoms with E-state index < -0.39 is 35.9 Å². The number of pyridine rings is 1. The summed E-state index contributed by atoms with van der Waals surface area (Å²) in [5, 5.41) is 12.4. The smallest absolute Gasteiger partial charge is 0.326 e. The predicted molar refractivity (Wildman–Crippen MR) is 110 cm³/mol. The number of carbonyl (C=O) groups excluding carboxylic acids is 2. The van der Waals surface area contributed by atoms with Crippen molar-refractivity contribution in [2.24, 2.45) is 5.73 Å². The molecule has 1 saturated heterocycles. The summed E-state index contributed by atoms with van der Waals surface area (Å²) >= 11 is 0. The first-order valence-corrected chi connectivity index (χ1v) is 9.90. The van der Waals surface area contributed by atoms with Gasteiger partial charge in [-0.2, -0.15) is 0 Å². The Labute approximate surface area is 175 Å². The molecule has 8 nitrogen and oxygen atoms in total. The number of hydrogen-bond donors (Lipinski definition) is 3. The highest BCUT2D eigenvalue weighted by molar-refractivity contribution is 5.92. The van der Waals surface area contributed by atoms with Crippen LogP contribution in [0.15, 0.2) is 54.9 Å². The van der Waals surface area contributed by atoms with Crippen molar-refractivity contribution in [1.29, 1.82) is 0 Å². The third kappa shape index (κ3) is 5.01. The quantitative estimate of drug-likeness (QED) is 0.623. The topological polar surface area (TPSA) is 126 Å². The molecule has 2 heterocycles. The van der Waals surface area contributed by atoms with Crippen molar-refractivity contribution in [2.75, 3.05) is 6.54 Å². The molecule has 158 valence electrons. The second-order valence-corrected chi connectivity index (χ2v) is 7.60. The molecule has 2 amide bonds. The van der Waals surface area contributed by atoms with Crippen LogP contribution in [0, 0.1) is 0 Å². The van der Waals surface area contributed by atoms with Crippen LogP contribution in [0.25, 0.3) is 0 Å². The molecule has 1 aromatic carbocycles. The number of likely N-dealkylation sites (tertiary alicyclic amines) is 1. The van der Waals surface area contributed by atoms with Gasteiger partial charge < -0.3 is 21.1 Å². The van der Waals surface area contributed by atoms with E-state index in [0.29, 0.717) is 6.42 Å². The van der Waals surface area contributed by atoms with Crippen LogP contribution in [-0.4, -0.2) is 57.4 Å². The zero-order valence-corrected chi connectivity index (χ0v) is 16.8. The Morgan fingerprint density at radius 1 is 1.23 bits per heavy atom. The van der Waals surface area contributed by atoms with E-state index in [-0.39, 0.29) is 18.9 Å². The lowest BCUT2D eigenvalue weighted by Crippen LogP contribution is -2.54. The normalized spacial score (nSPS) is 20.4. The summed E-state index contributed by atoms with van der Waals surface area (Å²) in [4.78, 5) is 42.9. The van der Waals surface area contributed by atoms with Crippen molar-refractivity contribution in [3.05, 3.63) is 66.0 Å². The number of benzene rings is 1. The molecule has 2 aromatic rings. The molecule has 3 rings (SSSR count). The number of rotatable bonds is 7. The van der Waals surface area contributed by atoms with Gasteiger partial charge in [-0.25, -0.2) is 4.79 Å². The molecule has 1 aromatic heterocycles. The molecule has 30 heavy (non-hydrogen) atoms. The first kappa shape index (κ1) is 21.4. The second-order valence-electron chi connectivity index (χ2n) is 7.60. The van der Waals surface area contributed by atoms with Crippen LogP contribution in [0.5, 0.6) is 0 Å². The Kier molecular flexibility index (Phi) is 6.79. The zero-order valence-electron chi connectivity index (χ0n) is 16.8. The summed E-state index contributed by atoms with van der Waals surface area (Å²) in [7, 11) is 0. The maximum Gasteiger partial charge on any atom is 0.326 e. The summed E-state index contributed by atoms with van der Waals surface area (Å²) in [6, 6.07) is 10.4. The van der Waals surface area contributed by atoms with Crippen molar-refractivity contribution in [2.45, 2.75) is 43.8 Å². The van der Waals surface area contributed by atoms with E-state index in [1.807, 2.05) is 30.3 Å². The van der Waals surface area contributed by atoms with E-state index in [0.717, 1.165) is 11.1 Å². The van der Waals surface area contributed by atoms with E-state index in [1.165, 1.54) is 11.8 Å². The van der Waals surface area contributed by atoms with Crippen molar-refractivity contribution < 1.29 is 19.5 Å². The lowest BCUT2D eigenvalue weighted by molar-refractivity contribution is -0.149. The highest BCUT2D eigenvalue weighted by Gasteiger charge is 2.42. The lowest BCUT2D eigenvalue weighted by Gasteiger charge is -2.28. The highest BCUT2D eigenvalue weighted by atomic mass is 16.4. The number of aromatic nitrogens is 1. The summed E-state index contributed by atoms with van der Waals surface area (Å²) in [6.07, 6.45) is 3.76. The standard InChI is InChI=1S/C22H26N4O4/c1-14(23)20(27)25-18(10-15-6-5-9-24-12-15)21(28)26-13-17(11-19(26)22(29)30)16-7-3-2-4-8-16/h2-9,12,14,17-19H,10-11,13,23H2,1H3,(H,25,27)(H,29,30). The van der Waals surface area contributed by atoms with Crippen LogP contribution in [-0.2, 0) is 20.8 Å². The molecule has 8 heteroatoms. The van der Waals surface area contributed by atoms with Crippen LogP contribution in [0.3, 0.4) is 0 Å². The van der Waals surface area contributed by atoms with E-state index in [1.54, 1.807) is 24.5 Å². The number of carbonyl (C=O) groups is 3. The monoisotopic (exact) mass is 410 g/mol. The lowest BCUT2D eigenvalue weighted by atomic mass is 9.96. The Hall–Kier alpha value is -3.26. The van der Waals surface area contributed by atoms with E-state index >= 15 is 0 Å². The molecule has 4 unspecified atom stereocenters. The number of nitrogens with one attached hydrogen (secondary N) is 1. The van der Waals surface area contributed by atoms with E-state index in [9.17, 15) is 19.5 Å². The van der Waals surface area contributed by atoms with Gasteiger partial charge in [-0.15, -0.1) is 0 Å². The molecule has 4 atom stereocenters. The molecule has 1 aliphatic heterocycles. The van der Waals surface area contributed by atoms with Crippen molar-refractivity contribution in [3.8, 4) is 0 Å². The van der Waals surface area contributed by atoms with Gasteiger partial charge in [-0.05, 0) is 30.5 Å². The third-order valence-corrected chi connectivity index (χ3v) is 5.33. The molecule has 4 N–H and O–H groups in total. The van der Waals surface area contributed by atoms with Crippen LogP contribution in [0.1, 0.15) is 30.4 Å². The first-order valence-electron chi connectivity index (χ1n) is 9.90. The molecule has 0 radical (unpaired) electrons. The molecule has 0 spiro atoms. The average molecular weight is 410 g/mol. The molecule has 1 fully saturated rings. The number of nitrogens with zero attached hydrogens (tertiary/aromatic N) is 2. The SMILES string of the molecule is CC(N)C(=O)NC(Cc1cccnc1)C(=O)N1CC(c2ccccc2)CC1C(=O)O. The minimum Gasteiger partial charge on any atom is -0.480 e. The highest BCUT2D eigenvalue weighted by Crippen LogP contribution is 2.32. The Balaban J connectivity index is 1.85. The van der Waals surface area contributed by atoms with Crippen LogP contribution >= 0.6 is 0 Å². The Morgan fingerprint density at radius 3 is 2.57 bits per heavy atom. The third-order valence-electron chi connectivity index (χ3n) is 5.33. The first-order chi connectivity index (χ1) is 14.4. The van der Waals surface area contributed by atoms with Crippen molar-refractivity contribution >= 4 is 17.8 Å². The van der Waals surface area contributed by atoms with Crippen molar-refractivity contribution in [1.82, 2.24) is 15.2 Å². The molecule has 0 aliphatic carbocycles. The van der Waals surface area contributed by atoms with Crippen molar-refractivity contribution in [3.63, 3.8) is 0 Å². The minimum atomic E-state index is -1.06. The summed E-state index contributed by atoms with van der Waals surface area (Å²) in [6.45, 7) is 1.81. The fourth-order valence-electron chi connectivity index (χ4n) is 3.74. The number of hydrogen-bond acceptors (Lipinski definition) is 5. The molecule has 0 saturated carbocycles. The van der Waals surface area contributed by atoms with Gasteiger partial charge in [0.2, 0.25) is 11.8 Å². The maximum absolute atomic E-state index is 13.4. The fraction of sp³-hybridized carbons (Fsp3) is 0.364. The molecule has 1 aliphatic rings. The van der Waals surface area contributed by atoms with Crippen LogP contribution in [0.2, 0.25) is 0 Å². The van der Waals surface area contributed by atoms with E-state index in [2.05, 4.69) is 10.3 Å². The molecular weight excluding hydrogens is 384 g/mol. The van der Waals surface area contributed by atoms with E-state index in [4.69, 9.17) is 5.73 Å². The number of amides is 2. The van der Waals surface area contributed by atoms with Gasteiger partial charge in [-0.1, -0.05) is 36.4 Å². The average Bonchev–Trinajstić information content (AvgIpc) is 3.20. The Bertz CT molecular complexity index is 889. The number of carboxylic acids is 1. The van der Waals surface area contributed by atoms with Gasteiger partial charge in [0.25, 0.3) is 0 Å². The van der Waals surface area contributed by atoms with Gasteiger partial charge in [-0.3, -0.25) is 14.6 Å². The Morgan fingerprint density at radius 2 is 1.97 bits per heavy atom. The van der Waals surface area contributed by atoms with Gasteiger partial charge in [0.15, 0.2) is 0 Å². The zero-order chi connectivity index (χ0) is 21.7. The summed E-state index contributed by atoms with van der Waals surface area (Å²) in [5.74, 6) is -2.04. The van der Waals surface area contributed by atoms with Gasteiger partial charge in [0.1, 0.15) is 12.1 Å². The number of carboxylic acid groups (broad SMARTS) is 1. The summed E-state index contributed by atoms with van der Waals surface area (Å²) in [5.41, 5.74) is 7.41. The molecular formula is C22H26N4O4. The second kappa shape index (κ2) is 9.49. The van der Waals surface area contributed by atoms with Gasteiger partial charge in [0, 0.05) is 31.3 Å². The predicted octanol–water partition coefficient (Wildman–Crippen LogP) is 0.925. The maximum atomic E-state index is 13.4. The van der Waals surface area contributed by atoms with Crippen LogP contribution in [0.4, 0.5) is 0 Å². The number of aliphatic carboxylic acids is 1. The van der Waals surface area contributed by atoms with Gasteiger partial charge >= 0.3 is 5.97 Å². The molecule has 0 bridgehead atoms. The fourth-order valence-corrected chi connectivity index (χ4v) is 3.74. The minimum absolute atomic E-state index is 0.0839. The number of nitrogens with two attached hydrogens (primary N) is 1. The summed E-state index contributed by atoms with van der Waals surface area (Å²) < 4.78 is 0. The largest absolute Gasteiger partial charge is 0.480 e.